The van der Waals surface area contributed by atoms with E-state index < -0.39 is 11.9 Å². The Morgan fingerprint density at radius 3 is 2.74 bits per heavy atom. The lowest BCUT2D eigenvalue weighted by atomic mass is 10.0. The van der Waals surface area contributed by atoms with Gasteiger partial charge in [-0.1, -0.05) is 18.2 Å². The maximum Gasteiger partial charge on any atom is 0.255 e. The minimum atomic E-state index is -0.668. The summed E-state index contributed by atoms with van der Waals surface area (Å²) in [4.78, 5) is 37.7. The van der Waals surface area contributed by atoms with Gasteiger partial charge in [-0.2, -0.15) is 0 Å². The van der Waals surface area contributed by atoms with Crippen molar-refractivity contribution >= 4 is 17.7 Å². The summed E-state index contributed by atoms with van der Waals surface area (Å²) >= 11 is 0. The molecule has 0 saturated carbocycles. The molecule has 3 amide bonds. The Balaban J connectivity index is 1.54. The van der Waals surface area contributed by atoms with Crippen molar-refractivity contribution in [2.75, 3.05) is 0 Å². The lowest BCUT2D eigenvalue weighted by Gasteiger charge is -2.29. The summed E-state index contributed by atoms with van der Waals surface area (Å²) in [5.41, 5.74) is 1.86. The Hall–Kier alpha value is -3.22. The average Bonchev–Trinajstić information content (AvgIpc) is 2.97. The molecule has 1 atom stereocenters. The molecule has 1 fully saturated rings. The molecule has 0 radical (unpaired) electrons. The molecule has 0 unspecified atom stereocenters. The predicted octanol–water partition coefficient (Wildman–Crippen LogP) is 2.17. The average molecular weight is 368 g/mol. The van der Waals surface area contributed by atoms with Gasteiger partial charge in [-0.05, 0) is 36.2 Å². The zero-order valence-corrected chi connectivity index (χ0v) is 14.4. The Morgan fingerprint density at radius 1 is 1.15 bits per heavy atom. The normalized spacial score (nSPS) is 19.1. The second-order valence-corrected chi connectivity index (χ2v) is 6.60. The van der Waals surface area contributed by atoms with Crippen molar-refractivity contribution in [3.63, 3.8) is 0 Å². The van der Waals surface area contributed by atoms with E-state index in [2.05, 4.69) is 5.32 Å². The fourth-order valence-electron chi connectivity index (χ4n) is 3.48. The molecule has 0 bridgehead atoms. The molecule has 1 N–H and O–H groups in total. The summed E-state index contributed by atoms with van der Waals surface area (Å²) in [6, 6.07) is 10.6. The van der Waals surface area contributed by atoms with Crippen LogP contribution >= 0.6 is 0 Å². The molecule has 4 rings (SSSR count). The van der Waals surface area contributed by atoms with Gasteiger partial charge in [0.2, 0.25) is 11.8 Å². The van der Waals surface area contributed by atoms with Crippen LogP contribution in [0, 0.1) is 5.82 Å². The molecule has 0 aromatic heterocycles. The minimum Gasteiger partial charge on any atom is -0.489 e. The maximum absolute atomic E-state index is 13.3. The van der Waals surface area contributed by atoms with E-state index in [1.807, 2.05) is 0 Å². The quantitative estimate of drug-likeness (QED) is 0.840. The van der Waals surface area contributed by atoms with Crippen LogP contribution in [0.4, 0.5) is 4.39 Å². The van der Waals surface area contributed by atoms with Crippen LogP contribution in [0.15, 0.2) is 42.5 Å². The zero-order valence-electron chi connectivity index (χ0n) is 14.4. The first kappa shape index (κ1) is 17.2. The van der Waals surface area contributed by atoms with Crippen LogP contribution in [0.5, 0.6) is 5.75 Å². The number of fused-ring (bicyclic) bond motifs is 1. The SMILES string of the molecule is O=C1CC[C@H](N2Cc3c(OCc4cccc(F)c4)cccc3C2=O)C(=O)N1. The number of hydrogen-bond acceptors (Lipinski definition) is 4. The number of imide groups is 1. The number of nitrogens with zero attached hydrogens (tertiary/aromatic N) is 1. The molecule has 2 aromatic rings. The Morgan fingerprint density at radius 2 is 1.96 bits per heavy atom. The number of carbonyl (C=O) groups is 3. The van der Waals surface area contributed by atoms with Crippen molar-refractivity contribution in [3.8, 4) is 5.75 Å². The zero-order chi connectivity index (χ0) is 19.0. The Kier molecular flexibility index (Phi) is 4.35. The molecule has 2 heterocycles. The van der Waals surface area contributed by atoms with Crippen LogP contribution in [-0.4, -0.2) is 28.7 Å². The van der Waals surface area contributed by atoms with Gasteiger partial charge in [0, 0.05) is 17.5 Å². The van der Waals surface area contributed by atoms with Gasteiger partial charge >= 0.3 is 0 Å². The molecule has 138 valence electrons. The van der Waals surface area contributed by atoms with E-state index in [1.54, 1.807) is 30.3 Å². The van der Waals surface area contributed by atoms with E-state index in [-0.39, 0.29) is 37.2 Å². The highest BCUT2D eigenvalue weighted by molar-refractivity contribution is 6.05. The summed E-state index contributed by atoms with van der Waals surface area (Å²) in [7, 11) is 0. The lowest BCUT2D eigenvalue weighted by Crippen LogP contribution is -2.52. The number of rotatable bonds is 4. The lowest BCUT2D eigenvalue weighted by molar-refractivity contribution is -0.136. The summed E-state index contributed by atoms with van der Waals surface area (Å²) in [5, 5.41) is 2.28. The molecule has 0 spiro atoms. The highest BCUT2D eigenvalue weighted by Gasteiger charge is 2.40. The van der Waals surface area contributed by atoms with Gasteiger partial charge in [0.05, 0.1) is 6.54 Å². The number of piperidine rings is 1. The fraction of sp³-hybridized carbons (Fsp3) is 0.250. The van der Waals surface area contributed by atoms with Crippen molar-refractivity contribution in [2.24, 2.45) is 0 Å². The fourth-order valence-corrected chi connectivity index (χ4v) is 3.48. The molecular weight excluding hydrogens is 351 g/mol. The van der Waals surface area contributed by atoms with E-state index in [9.17, 15) is 18.8 Å². The molecule has 2 aliphatic rings. The molecule has 0 aliphatic carbocycles. The van der Waals surface area contributed by atoms with Crippen LogP contribution in [-0.2, 0) is 22.7 Å². The van der Waals surface area contributed by atoms with Gasteiger partial charge < -0.3 is 9.64 Å². The van der Waals surface area contributed by atoms with Gasteiger partial charge in [0.15, 0.2) is 0 Å². The predicted molar refractivity (Wildman–Crippen MR) is 93.2 cm³/mol. The number of benzene rings is 2. The van der Waals surface area contributed by atoms with E-state index in [0.717, 1.165) is 0 Å². The van der Waals surface area contributed by atoms with Crippen LogP contribution in [0.1, 0.15) is 34.3 Å². The van der Waals surface area contributed by atoms with Crippen LogP contribution < -0.4 is 10.1 Å². The molecule has 27 heavy (non-hydrogen) atoms. The summed E-state index contributed by atoms with van der Waals surface area (Å²) < 4.78 is 19.1. The second-order valence-electron chi connectivity index (χ2n) is 6.60. The standard InChI is InChI=1S/C20H17FN2O4/c21-13-4-1-3-12(9-13)11-27-17-6-2-5-14-15(17)10-23(20(14)26)16-7-8-18(24)22-19(16)25/h1-6,9,16H,7-8,10-11H2,(H,22,24,25)/t16-/m0/s1. The number of halogens is 1. The van der Waals surface area contributed by atoms with Crippen LogP contribution in [0.25, 0.3) is 0 Å². The number of amides is 3. The third-order valence-corrected chi connectivity index (χ3v) is 4.82. The van der Waals surface area contributed by atoms with Crippen molar-refractivity contribution in [2.45, 2.75) is 32.0 Å². The smallest absolute Gasteiger partial charge is 0.255 e. The number of carbonyl (C=O) groups excluding carboxylic acids is 3. The summed E-state index contributed by atoms with van der Waals surface area (Å²) in [5.74, 6) is -0.835. The van der Waals surface area contributed by atoms with Crippen molar-refractivity contribution < 1.29 is 23.5 Å². The second kappa shape index (κ2) is 6.83. The first-order chi connectivity index (χ1) is 13.0. The van der Waals surface area contributed by atoms with Crippen molar-refractivity contribution in [1.82, 2.24) is 10.2 Å². The van der Waals surface area contributed by atoms with Crippen LogP contribution in [0.3, 0.4) is 0 Å². The molecular formula is C20H17FN2O4. The third-order valence-electron chi connectivity index (χ3n) is 4.82. The molecule has 6 nitrogen and oxygen atoms in total. The summed E-state index contributed by atoms with van der Waals surface area (Å²) in [6.45, 7) is 0.403. The van der Waals surface area contributed by atoms with Crippen molar-refractivity contribution in [3.05, 3.63) is 65.0 Å². The molecule has 7 heteroatoms. The van der Waals surface area contributed by atoms with Gasteiger partial charge in [-0.3, -0.25) is 19.7 Å². The Labute approximate surface area is 154 Å². The van der Waals surface area contributed by atoms with E-state index >= 15 is 0 Å². The number of hydrogen-bond donors (Lipinski definition) is 1. The van der Waals surface area contributed by atoms with E-state index in [4.69, 9.17) is 4.74 Å². The monoisotopic (exact) mass is 368 g/mol. The highest BCUT2D eigenvalue weighted by Crippen LogP contribution is 2.33. The third kappa shape index (κ3) is 3.28. The highest BCUT2D eigenvalue weighted by atomic mass is 19.1. The molecule has 2 aliphatic heterocycles. The van der Waals surface area contributed by atoms with Gasteiger partial charge in [0.25, 0.3) is 5.91 Å². The molecule has 1 saturated heterocycles. The first-order valence-corrected chi connectivity index (χ1v) is 8.67. The maximum atomic E-state index is 13.3. The first-order valence-electron chi connectivity index (χ1n) is 8.67. The van der Waals surface area contributed by atoms with E-state index in [0.29, 0.717) is 28.9 Å². The number of nitrogens with one attached hydrogen (secondary N) is 1. The largest absolute Gasteiger partial charge is 0.489 e. The van der Waals surface area contributed by atoms with Gasteiger partial charge in [0.1, 0.15) is 24.2 Å². The Bertz CT molecular complexity index is 943. The summed E-state index contributed by atoms with van der Waals surface area (Å²) in [6.07, 6.45) is 0.517. The molecule has 2 aromatic carbocycles. The minimum absolute atomic E-state index is 0.167. The topological polar surface area (TPSA) is 75.7 Å². The van der Waals surface area contributed by atoms with Gasteiger partial charge in [-0.25, -0.2) is 4.39 Å². The van der Waals surface area contributed by atoms with E-state index in [1.165, 1.54) is 17.0 Å². The van der Waals surface area contributed by atoms with Gasteiger partial charge in [-0.15, -0.1) is 0 Å². The van der Waals surface area contributed by atoms with Crippen LogP contribution in [0.2, 0.25) is 0 Å². The van der Waals surface area contributed by atoms with Crippen molar-refractivity contribution in [1.29, 1.82) is 0 Å². The number of ether oxygens (including phenoxy) is 1.